The molecular formula is C28H41N3O2S. The minimum absolute atomic E-state index is 0.206. The number of aromatic nitrogens is 1. The molecule has 0 radical (unpaired) electrons. The monoisotopic (exact) mass is 483 g/mol. The minimum atomic E-state index is -0.465. The molecule has 2 fully saturated rings. The summed E-state index contributed by atoms with van der Waals surface area (Å²) in [5, 5.41) is 3.13. The van der Waals surface area contributed by atoms with E-state index in [-0.39, 0.29) is 6.09 Å². The van der Waals surface area contributed by atoms with Gasteiger partial charge in [-0.3, -0.25) is 0 Å². The molecule has 1 saturated carbocycles. The molecule has 186 valence electrons. The second-order valence-electron chi connectivity index (χ2n) is 12.7. The van der Waals surface area contributed by atoms with Gasteiger partial charge < -0.3 is 14.5 Å². The smallest absolute Gasteiger partial charge is 0.410 e. The Balaban J connectivity index is 1.61. The normalized spacial score (nSPS) is 20.9. The zero-order valence-electron chi connectivity index (χ0n) is 22.0. The molecule has 0 atom stereocenters. The number of nitrogens with zero attached hydrogens (tertiary/aromatic N) is 3. The van der Waals surface area contributed by atoms with E-state index in [2.05, 4.69) is 55.8 Å². The van der Waals surface area contributed by atoms with Crippen molar-refractivity contribution in [3.8, 4) is 10.6 Å². The number of hydrogen-bond donors (Lipinski definition) is 0. The summed E-state index contributed by atoms with van der Waals surface area (Å²) in [4.78, 5) is 21.5. The predicted molar refractivity (Wildman–Crippen MR) is 142 cm³/mol. The average Bonchev–Trinajstić information content (AvgIpc) is 3.25. The number of carbonyl (C=O) groups excluding carboxylic acids is 1. The minimum Gasteiger partial charge on any atom is -0.444 e. The second-order valence-corrected chi connectivity index (χ2v) is 13.6. The number of carbonyl (C=O) groups is 1. The van der Waals surface area contributed by atoms with Crippen molar-refractivity contribution in [2.24, 2.45) is 10.8 Å². The van der Waals surface area contributed by atoms with Gasteiger partial charge in [0, 0.05) is 49.0 Å². The summed E-state index contributed by atoms with van der Waals surface area (Å²) in [5.41, 5.74) is 4.14. The molecule has 1 aromatic heterocycles. The lowest BCUT2D eigenvalue weighted by Gasteiger charge is -2.46. The van der Waals surface area contributed by atoms with Crippen molar-refractivity contribution in [3.05, 3.63) is 35.3 Å². The van der Waals surface area contributed by atoms with Crippen molar-refractivity contribution < 1.29 is 9.53 Å². The lowest BCUT2D eigenvalue weighted by atomic mass is 9.60. The first-order valence-corrected chi connectivity index (χ1v) is 13.5. The molecule has 1 aliphatic carbocycles. The highest BCUT2D eigenvalue weighted by atomic mass is 32.1. The Morgan fingerprint density at radius 1 is 1.06 bits per heavy atom. The zero-order valence-corrected chi connectivity index (χ0v) is 22.8. The van der Waals surface area contributed by atoms with Gasteiger partial charge in [-0.25, -0.2) is 9.78 Å². The fourth-order valence-electron chi connectivity index (χ4n) is 6.19. The molecule has 1 saturated heterocycles. The van der Waals surface area contributed by atoms with Crippen molar-refractivity contribution in [3.63, 3.8) is 0 Å². The Morgan fingerprint density at radius 3 is 2.26 bits per heavy atom. The SMILES string of the molecule is CC1(C)CC(c2cc(-c3nccs3)ccc2N2CCN(C(=O)OC(C)(C)C)CC2)CC(C)(C)C1. The van der Waals surface area contributed by atoms with Crippen LogP contribution in [0.2, 0.25) is 0 Å². The average molecular weight is 484 g/mol. The molecule has 5 nitrogen and oxygen atoms in total. The largest absolute Gasteiger partial charge is 0.444 e. The third-order valence-electron chi connectivity index (χ3n) is 6.97. The summed E-state index contributed by atoms with van der Waals surface area (Å²) in [5.74, 6) is 0.512. The number of benzene rings is 1. The molecular weight excluding hydrogens is 442 g/mol. The molecule has 2 aliphatic rings. The van der Waals surface area contributed by atoms with Gasteiger partial charge in [-0.2, -0.15) is 0 Å². The molecule has 2 heterocycles. The number of ether oxygens (including phenoxy) is 1. The van der Waals surface area contributed by atoms with Crippen LogP contribution in [0.15, 0.2) is 29.8 Å². The van der Waals surface area contributed by atoms with Crippen LogP contribution in [0, 0.1) is 10.8 Å². The first-order chi connectivity index (χ1) is 15.8. The molecule has 0 bridgehead atoms. The highest BCUT2D eigenvalue weighted by Gasteiger charge is 2.40. The van der Waals surface area contributed by atoms with Gasteiger partial charge in [0.1, 0.15) is 10.6 Å². The molecule has 4 rings (SSSR count). The summed E-state index contributed by atoms with van der Waals surface area (Å²) in [6.07, 6.45) is 5.33. The maximum absolute atomic E-state index is 12.6. The van der Waals surface area contributed by atoms with Crippen LogP contribution < -0.4 is 4.90 Å². The predicted octanol–water partition coefficient (Wildman–Crippen LogP) is 7.19. The van der Waals surface area contributed by atoms with Crippen LogP contribution in [0.1, 0.15) is 79.2 Å². The van der Waals surface area contributed by atoms with Gasteiger partial charge in [-0.05, 0) is 80.5 Å². The van der Waals surface area contributed by atoms with Crippen molar-refractivity contribution in [1.82, 2.24) is 9.88 Å². The number of piperazine rings is 1. The maximum atomic E-state index is 12.6. The number of anilines is 1. The fraction of sp³-hybridized carbons (Fsp3) is 0.643. The molecule has 2 aromatic rings. The van der Waals surface area contributed by atoms with E-state index in [0.717, 1.165) is 18.1 Å². The van der Waals surface area contributed by atoms with Crippen LogP contribution in [0.5, 0.6) is 0 Å². The quantitative estimate of drug-likeness (QED) is 0.463. The number of amides is 1. The van der Waals surface area contributed by atoms with Gasteiger partial charge in [0.05, 0.1) is 0 Å². The molecule has 0 N–H and O–H groups in total. The van der Waals surface area contributed by atoms with Gasteiger partial charge in [-0.1, -0.05) is 27.7 Å². The van der Waals surface area contributed by atoms with Crippen LogP contribution in [0.3, 0.4) is 0 Å². The Bertz CT molecular complexity index is 983. The second kappa shape index (κ2) is 9.18. The van der Waals surface area contributed by atoms with Gasteiger partial charge in [0.2, 0.25) is 0 Å². The third kappa shape index (κ3) is 5.94. The van der Waals surface area contributed by atoms with Crippen LogP contribution in [0.25, 0.3) is 10.6 Å². The maximum Gasteiger partial charge on any atom is 0.410 e. The van der Waals surface area contributed by atoms with E-state index in [4.69, 9.17) is 4.74 Å². The van der Waals surface area contributed by atoms with Crippen molar-refractivity contribution in [1.29, 1.82) is 0 Å². The molecule has 1 amide bonds. The highest BCUT2D eigenvalue weighted by molar-refractivity contribution is 7.13. The van der Waals surface area contributed by atoms with Crippen LogP contribution in [-0.4, -0.2) is 47.8 Å². The van der Waals surface area contributed by atoms with Crippen molar-refractivity contribution in [2.45, 2.75) is 79.2 Å². The third-order valence-corrected chi connectivity index (χ3v) is 7.80. The van der Waals surface area contributed by atoms with E-state index < -0.39 is 5.60 Å². The lowest BCUT2D eigenvalue weighted by Crippen LogP contribution is -2.50. The Labute approximate surface area is 209 Å². The van der Waals surface area contributed by atoms with Crippen LogP contribution in [-0.2, 0) is 4.74 Å². The highest BCUT2D eigenvalue weighted by Crippen LogP contribution is 2.53. The number of thiazole rings is 1. The van der Waals surface area contributed by atoms with Gasteiger partial charge >= 0.3 is 6.09 Å². The zero-order chi connectivity index (χ0) is 24.7. The molecule has 1 aromatic carbocycles. The van der Waals surface area contributed by atoms with E-state index in [1.807, 2.05) is 37.2 Å². The lowest BCUT2D eigenvalue weighted by molar-refractivity contribution is 0.0240. The van der Waals surface area contributed by atoms with Gasteiger partial charge in [0.25, 0.3) is 0 Å². The van der Waals surface area contributed by atoms with E-state index in [1.54, 1.807) is 11.3 Å². The van der Waals surface area contributed by atoms with E-state index in [9.17, 15) is 4.79 Å². The van der Waals surface area contributed by atoms with Crippen LogP contribution in [0.4, 0.5) is 10.5 Å². The van der Waals surface area contributed by atoms with Crippen LogP contribution >= 0.6 is 11.3 Å². The Kier molecular flexibility index (Phi) is 6.75. The summed E-state index contributed by atoms with van der Waals surface area (Å²) < 4.78 is 5.60. The molecule has 0 spiro atoms. The summed E-state index contributed by atoms with van der Waals surface area (Å²) in [6.45, 7) is 18.5. The standard InChI is InChI=1S/C28H41N3O2S/c1-26(2,3)33-25(32)31-13-11-30(12-14-31)23-9-8-20(24-29-10-15-34-24)16-22(23)21-17-27(4,5)19-28(6,7)18-21/h8-10,15-16,21H,11-14,17-19H2,1-7H3. The van der Waals surface area contributed by atoms with E-state index in [0.29, 0.717) is 29.8 Å². The number of rotatable bonds is 3. The Morgan fingerprint density at radius 2 is 1.71 bits per heavy atom. The topological polar surface area (TPSA) is 45.7 Å². The summed E-state index contributed by atoms with van der Waals surface area (Å²) in [6, 6.07) is 6.91. The molecule has 6 heteroatoms. The summed E-state index contributed by atoms with van der Waals surface area (Å²) in [7, 11) is 0. The van der Waals surface area contributed by atoms with E-state index in [1.165, 1.54) is 36.1 Å². The van der Waals surface area contributed by atoms with Crippen molar-refractivity contribution in [2.75, 3.05) is 31.1 Å². The van der Waals surface area contributed by atoms with Crippen molar-refractivity contribution >= 4 is 23.1 Å². The molecule has 1 aliphatic heterocycles. The first kappa shape index (κ1) is 25.0. The first-order valence-electron chi connectivity index (χ1n) is 12.6. The number of hydrogen-bond acceptors (Lipinski definition) is 5. The summed E-state index contributed by atoms with van der Waals surface area (Å²) >= 11 is 1.70. The fourth-order valence-corrected chi connectivity index (χ4v) is 6.83. The Hall–Kier alpha value is -2.08. The van der Waals surface area contributed by atoms with Gasteiger partial charge in [-0.15, -0.1) is 11.3 Å². The van der Waals surface area contributed by atoms with Gasteiger partial charge in [0.15, 0.2) is 0 Å². The molecule has 34 heavy (non-hydrogen) atoms. The van der Waals surface area contributed by atoms with E-state index >= 15 is 0 Å². The molecule has 0 unspecified atom stereocenters.